The van der Waals surface area contributed by atoms with Crippen molar-refractivity contribution in [2.45, 2.75) is 6.61 Å². The summed E-state index contributed by atoms with van der Waals surface area (Å²) in [5.41, 5.74) is 0.992. The van der Waals surface area contributed by atoms with Crippen molar-refractivity contribution < 1.29 is 23.1 Å². The molecule has 0 aromatic heterocycles. The number of carbonyl (C=O) groups is 2. The average Bonchev–Trinajstić information content (AvgIpc) is 2.57. The Balaban J connectivity index is 1.76. The number of amides is 2. The topological polar surface area (TPSA) is 67.4 Å². The third-order valence-electron chi connectivity index (χ3n) is 3.01. The summed E-state index contributed by atoms with van der Waals surface area (Å²) >= 11 is 10.3. The lowest BCUT2D eigenvalue weighted by Crippen LogP contribution is -2.18. The second-order valence-electron chi connectivity index (χ2n) is 5.12. The van der Waals surface area contributed by atoms with Crippen LogP contribution >= 0.6 is 39.3 Å². The summed E-state index contributed by atoms with van der Waals surface area (Å²) in [6.07, 6.45) is 0. The number of hydrogen-bond donors (Lipinski definition) is 2. The number of benzene rings is 2. The third-order valence-corrected chi connectivity index (χ3v) is 4.73. The van der Waals surface area contributed by atoms with Crippen LogP contribution in [0.1, 0.15) is 0 Å². The molecule has 0 heterocycles. The van der Waals surface area contributed by atoms with Crippen molar-refractivity contribution in [3.8, 4) is 5.75 Å². The lowest BCUT2D eigenvalue weighted by atomic mass is 10.3. The third kappa shape index (κ3) is 7.74. The summed E-state index contributed by atoms with van der Waals surface area (Å²) in [7, 11) is 0. The number of ether oxygens (including phenoxy) is 1. The van der Waals surface area contributed by atoms with Crippen molar-refractivity contribution >= 4 is 62.5 Å². The van der Waals surface area contributed by atoms with Crippen LogP contribution in [0.25, 0.3) is 0 Å². The van der Waals surface area contributed by atoms with Gasteiger partial charge in [0.1, 0.15) is 5.75 Å². The molecule has 2 aromatic carbocycles. The van der Waals surface area contributed by atoms with E-state index in [0.717, 1.165) is 16.2 Å². The Morgan fingerprint density at radius 3 is 2.26 bits per heavy atom. The largest absolute Gasteiger partial charge is 0.433 e. The second kappa shape index (κ2) is 10.5. The Morgan fingerprint density at radius 1 is 1.07 bits per heavy atom. The molecule has 144 valence electrons. The van der Waals surface area contributed by atoms with E-state index in [4.69, 9.17) is 11.6 Å². The molecule has 0 spiro atoms. The van der Waals surface area contributed by atoms with Gasteiger partial charge in [0.25, 0.3) is 0 Å². The van der Waals surface area contributed by atoms with Crippen molar-refractivity contribution in [2.75, 3.05) is 22.1 Å². The molecule has 2 N–H and O–H groups in total. The first-order valence-corrected chi connectivity index (χ1v) is 9.83. The van der Waals surface area contributed by atoms with Gasteiger partial charge >= 0.3 is 6.61 Å². The van der Waals surface area contributed by atoms with E-state index in [1.54, 1.807) is 18.2 Å². The highest BCUT2D eigenvalue weighted by Gasteiger charge is 2.11. The lowest BCUT2D eigenvalue weighted by molar-refractivity contribution is -0.114. The summed E-state index contributed by atoms with van der Waals surface area (Å²) in [4.78, 5) is 23.8. The van der Waals surface area contributed by atoms with Gasteiger partial charge in [0.05, 0.1) is 16.5 Å². The highest BCUT2D eigenvalue weighted by atomic mass is 79.9. The first-order chi connectivity index (χ1) is 12.8. The van der Waals surface area contributed by atoms with Crippen molar-refractivity contribution in [3.63, 3.8) is 0 Å². The van der Waals surface area contributed by atoms with Gasteiger partial charge in [-0.1, -0.05) is 33.6 Å². The maximum absolute atomic E-state index is 12.2. The fraction of sp³-hybridized carbons (Fsp3) is 0.176. The number of halogens is 4. The van der Waals surface area contributed by atoms with Crippen LogP contribution in [0.4, 0.5) is 20.2 Å². The van der Waals surface area contributed by atoms with Crippen LogP contribution in [0.2, 0.25) is 5.02 Å². The maximum Gasteiger partial charge on any atom is 0.387 e. The zero-order valence-corrected chi connectivity index (χ0v) is 16.8. The Bertz CT molecular complexity index is 827. The van der Waals surface area contributed by atoms with E-state index < -0.39 is 6.61 Å². The quantitative estimate of drug-likeness (QED) is 0.558. The van der Waals surface area contributed by atoms with Crippen molar-refractivity contribution in [2.24, 2.45) is 0 Å². The number of carbonyl (C=O) groups excluding carboxylic acids is 2. The molecule has 2 aromatic rings. The fourth-order valence-electron chi connectivity index (χ4n) is 1.97. The monoisotopic (exact) mass is 478 g/mol. The normalized spacial score (nSPS) is 10.6. The molecule has 5 nitrogen and oxygen atoms in total. The number of alkyl halides is 2. The van der Waals surface area contributed by atoms with E-state index in [1.165, 1.54) is 18.2 Å². The van der Waals surface area contributed by atoms with E-state index in [-0.39, 0.29) is 34.1 Å². The van der Waals surface area contributed by atoms with Gasteiger partial charge in [0.15, 0.2) is 0 Å². The van der Waals surface area contributed by atoms with E-state index in [1.807, 2.05) is 6.07 Å². The highest BCUT2D eigenvalue weighted by Crippen LogP contribution is 2.29. The highest BCUT2D eigenvalue weighted by molar-refractivity contribution is 9.10. The van der Waals surface area contributed by atoms with Gasteiger partial charge in [0, 0.05) is 15.8 Å². The fourth-order valence-corrected chi connectivity index (χ4v) is 3.21. The van der Waals surface area contributed by atoms with Crippen molar-refractivity contribution in [1.82, 2.24) is 0 Å². The summed E-state index contributed by atoms with van der Waals surface area (Å²) < 4.78 is 29.4. The molecule has 10 heteroatoms. The van der Waals surface area contributed by atoms with Crippen LogP contribution in [0.15, 0.2) is 46.9 Å². The predicted octanol–water partition coefficient (Wildman–Crippen LogP) is 5.01. The second-order valence-corrected chi connectivity index (χ2v) is 7.43. The van der Waals surface area contributed by atoms with Crippen LogP contribution in [0, 0.1) is 0 Å². The molecule has 0 unspecified atom stereocenters. The molecule has 0 aliphatic rings. The Labute approximate surface area is 171 Å². The van der Waals surface area contributed by atoms with Crippen LogP contribution < -0.4 is 15.4 Å². The number of rotatable bonds is 8. The molecule has 0 fully saturated rings. The van der Waals surface area contributed by atoms with E-state index in [9.17, 15) is 18.4 Å². The first-order valence-electron chi connectivity index (χ1n) is 7.51. The molecule has 0 bridgehead atoms. The molecule has 0 atom stereocenters. The standard InChI is InChI=1S/C17H14BrClF2N2O3S/c18-10-2-1-3-11(6-10)22-15(24)8-27-9-16(25)23-12-4-5-14(13(19)7-12)26-17(20)21/h1-7,17H,8-9H2,(H,22,24)(H,23,25). The van der Waals surface area contributed by atoms with Gasteiger partial charge in [-0.15, -0.1) is 11.8 Å². The first kappa shape index (κ1) is 21.5. The van der Waals surface area contributed by atoms with Gasteiger partial charge in [-0.3, -0.25) is 9.59 Å². The van der Waals surface area contributed by atoms with Crippen LogP contribution in [0.5, 0.6) is 5.75 Å². The summed E-state index contributed by atoms with van der Waals surface area (Å²) in [5.74, 6) is -0.625. The molecular weight excluding hydrogens is 466 g/mol. The average molecular weight is 480 g/mol. The molecule has 2 rings (SSSR count). The predicted molar refractivity (Wildman–Crippen MR) is 107 cm³/mol. The molecule has 0 saturated heterocycles. The van der Waals surface area contributed by atoms with Crippen molar-refractivity contribution in [1.29, 1.82) is 0 Å². The van der Waals surface area contributed by atoms with Gasteiger partial charge < -0.3 is 15.4 Å². The van der Waals surface area contributed by atoms with Crippen LogP contribution in [-0.2, 0) is 9.59 Å². The van der Waals surface area contributed by atoms with Crippen molar-refractivity contribution in [3.05, 3.63) is 52.0 Å². The Kier molecular flexibility index (Phi) is 8.33. The van der Waals surface area contributed by atoms with E-state index in [2.05, 4.69) is 31.3 Å². The Hall–Kier alpha value is -1.84. The molecule has 0 aliphatic heterocycles. The summed E-state index contributed by atoms with van der Waals surface area (Å²) in [6.45, 7) is -2.98. The van der Waals surface area contributed by atoms with Gasteiger partial charge in [-0.2, -0.15) is 8.78 Å². The minimum absolute atomic E-state index is 0.0405. The summed E-state index contributed by atoms with van der Waals surface area (Å²) in [6, 6.07) is 11.1. The smallest absolute Gasteiger partial charge is 0.387 e. The molecule has 2 amide bonds. The van der Waals surface area contributed by atoms with Crippen LogP contribution in [-0.4, -0.2) is 29.9 Å². The Morgan fingerprint density at radius 2 is 1.70 bits per heavy atom. The molecule has 0 aliphatic carbocycles. The molecule has 0 radical (unpaired) electrons. The van der Waals surface area contributed by atoms with Gasteiger partial charge in [-0.05, 0) is 36.4 Å². The summed E-state index contributed by atoms with van der Waals surface area (Å²) in [5, 5.41) is 5.24. The van der Waals surface area contributed by atoms with Crippen LogP contribution in [0.3, 0.4) is 0 Å². The van der Waals surface area contributed by atoms with E-state index in [0.29, 0.717) is 11.4 Å². The zero-order chi connectivity index (χ0) is 19.8. The number of nitrogens with one attached hydrogen (secondary N) is 2. The number of hydrogen-bond acceptors (Lipinski definition) is 4. The SMILES string of the molecule is O=C(CSCC(=O)Nc1ccc(OC(F)F)c(Cl)c1)Nc1cccc(Br)c1. The van der Waals surface area contributed by atoms with E-state index >= 15 is 0 Å². The lowest BCUT2D eigenvalue weighted by Gasteiger charge is -2.09. The van der Waals surface area contributed by atoms with Gasteiger partial charge in [0.2, 0.25) is 11.8 Å². The minimum atomic E-state index is -2.98. The molecule has 0 saturated carbocycles. The molecular formula is C17H14BrClF2N2O3S. The number of anilines is 2. The molecule has 27 heavy (non-hydrogen) atoms. The van der Waals surface area contributed by atoms with Gasteiger partial charge in [-0.25, -0.2) is 0 Å². The zero-order valence-electron chi connectivity index (χ0n) is 13.7. The number of thioether (sulfide) groups is 1. The minimum Gasteiger partial charge on any atom is -0.433 e. The maximum atomic E-state index is 12.2.